The van der Waals surface area contributed by atoms with Crippen LogP contribution in [0.15, 0.2) is 0 Å². The minimum Gasteiger partial charge on any atom is -0.311 e. The summed E-state index contributed by atoms with van der Waals surface area (Å²) in [5.41, 5.74) is 3.24. The third-order valence-corrected chi connectivity index (χ3v) is 4.95. The molecule has 0 spiro atoms. The summed E-state index contributed by atoms with van der Waals surface area (Å²) >= 11 is 6.39. The summed E-state index contributed by atoms with van der Waals surface area (Å²) in [7, 11) is 2.01. The van der Waals surface area contributed by atoms with Crippen molar-refractivity contribution in [3.63, 3.8) is 0 Å². The topological polar surface area (TPSA) is 35.6 Å². The number of nitrogens with zero attached hydrogens (tertiary/aromatic N) is 4. The van der Waals surface area contributed by atoms with Gasteiger partial charge in [0, 0.05) is 13.6 Å². The van der Waals surface area contributed by atoms with E-state index in [1.807, 2.05) is 18.7 Å². The van der Waals surface area contributed by atoms with Gasteiger partial charge in [0.1, 0.15) is 11.3 Å². The van der Waals surface area contributed by atoms with Crippen LogP contribution in [0.1, 0.15) is 56.9 Å². The first-order valence-electron chi connectivity index (χ1n) is 8.07. The van der Waals surface area contributed by atoms with Gasteiger partial charge in [-0.05, 0) is 38.0 Å². The Morgan fingerprint density at radius 3 is 2.71 bits per heavy atom. The quantitative estimate of drug-likeness (QED) is 0.798. The molecule has 2 aromatic heterocycles. The highest BCUT2D eigenvalue weighted by molar-refractivity contribution is 6.20. The van der Waals surface area contributed by atoms with Crippen molar-refractivity contribution in [1.29, 1.82) is 0 Å². The Hall–Kier alpha value is -1.03. The highest BCUT2D eigenvalue weighted by Crippen LogP contribution is 2.34. The van der Waals surface area contributed by atoms with Crippen LogP contribution in [0.3, 0.4) is 0 Å². The van der Waals surface area contributed by atoms with Crippen LogP contribution in [0.25, 0.3) is 11.2 Å². The van der Waals surface area contributed by atoms with E-state index in [1.54, 1.807) is 0 Å². The second kappa shape index (κ2) is 5.64. The van der Waals surface area contributed by atoms with Crippen molar-refractivity contribution < 1.29 is 0 Å². The molecule has 0 saturated heterocycles. The number of hydrogen-bond donors (Lipinski definition) is 0. The van der Waals surface area contributed by atoms with Crippen molar-refractivity contribution in [2.24, 2.45) is 18.9 Å². The predicted octanol–water partition coefficient (Wildman–Crippen LogP) is 4.07. The van der Waals surface area contributed by atoms with Crippen LogP contribution in [0.2, 0.25) is 0 Å². The zero-order chi connectivity index (χ0) is 15.1. The van der Waals surface area contributed by atoms with Gasteiger partial charge in [-0.1, -0.05) is 20.3 Å². The van der Waals surface area contributed by atoms with Gasteiger partial charge in [0.25, 0.3) is 0 Å². The Bertz CT molecular complexity index is 640. The van der Waals surface area contributed by atoms with E-state index in [2.05, 4.69) is 23.5 Å². The van der Waals surface area contributed by atoms with E-state index in [0.29, 0.717) is 0 Å². The van der Waals surface area contributed by atoms with Crippen molar-refractivity contribution in [2.75, 3.05) is 0 Å². The minimum absolute atomic E-state index is 0.0686. The SMILES string of the molecule is CCc1nn(C)c2c1nc(C(C)Cl)n2CC1CCC(C)C1. The Kier molecular flexibility index (Phi) is 4.00. The van der Waals surface area contributed by atoms with Crippen LogP contribution >= 0.6 is 11.6 Å². The van der Waals surface area contributed by atoms with E-state index in [1.165, 1.54) is 19.3 Å². The molecule has 0 bridgehead atoms. The standard InChI is InChI=1S/C16H25ClN4/c1-5-13-14-16(20(4)19-13)21(15(18-14)11(3)17)9-12-7-6-10(2)8-12/h10-12H,5-9H2,1-4H3. The average molecular weight is 309 g/mol. The largest absolute Gasteiger partial charge is 0.311 e. The first-order valence-corrected chi connectivity index (χ1v) is 8.51. The molecule has 1 saturated carbocycles. The minimum atomic E-state index is -0.0686. The van der Waals surface area contributed by atoms with E-state index >= 15 is 0 Å². The smallest absolute Gasteiger partial charge is 0.158 e. The molecule has 0 amide bonds. The van der Waals surface area contributed by atoms with Crippen molar-refractivity contribution in [1.82, 2.24) is 19.3 Å². The van der Waals surface area contributed by atoms with Gasteiger partial charge >= 0.3 is 0 Å². The summed E-state index contributed by atoms with van der Waals surface area (Å²) < 4.78 is 4.30. The maximum Gasteiger partial charge on any atom is 0.158 e. The van der Waals surface area contributed by atoms with E-state index in [0.717, 1.165) is 47.5 Å². The van der Waals surface area contributed by atoms with Crippen molar-refractivity contribution in [3.05, 3.63) is 11.5 Å². The van der Waals surface area contributed by atoms with Crippen LogP contribution in [0.4, 0.5) is 0 Å². The Labute approximate surface area is 131 Å². The molecule has 3 atom stereocenters. The molecule has 0 aliphatic heterocycles. The molecule has 5 heteroatoms. The summed E-state index contributed by atoms with van der Waals surface area (Å²) in [5.74, 6) is 2.59. The molecule has 116 valence electrons. The third kappa shape index (κ3) is 2.59. The number of halogens is 1. The normalized spacial score (nSPS) is 24.0. The maximum atomic E-state index is 6.39. The van der Waals surface area contributed by atoms with E-state index in [9.17, 15) is 0 Å². The van der Waals surface area contributed by atoms with Gasteiger partial charge in [-0.15, -0.1) is 11.6 Å². The molecule has 0 aromatic carbocycles. The molecule has 1 fully saturated rings. The molecule has 0 radical (unpaired) electrons. The molecule has 0 N–H and O–H groups in total. The lowest BCUT2D eigenvalue weighted by atomic mass is 10.1. The fourth-order valence-corrected chi connectivity index (χ4v) is 3.90. The Morgan fingerprint density at radius 1 is 1.38 bits per heavy atom. The first kappa shape index (κ1) is 14.9. The van der Waals surface area contributed by atoms with Gasteiger partial charge in [0.05, 0.1) is 11.1 Å². The first-order chi connectivity index (χ1) is 10.0. The summed E-state index contributed by atoms with van der Waals surface area (Å²) in [6.45, 7) is 7.52. The van der Waals surface area contributed by atoms with Crippen LogP contribution in [0.5, 0.6) is 0 Å². The molecule has 1 aliphatic carbocycles. The summed E-state index contributed by atoms with van der Waals surface area (Å²) in [6, 6.07) is 0. The summed E-state index contributed by atoms with van der Waals surface area (Å²) in [4.78, 5) is 4.81. The Morgan fingerprint density at radius 2 is 2.14 bits per heavy atom. The van der Waals surface area contributed by atoms with Crippen molar-refractivity contribution in [2.45, 2.75) is 58.4 Å². The lowest BCUT2D eigenvalue weighted by molar-refractivity contribution is 0.434. The van der Waals surface area contributed by atoms with Crippen LogP contribution in [0, 0.1) is 11.8 Å². The van der Waals surface area contributed by atoms with Gasteiger partial charge in [0.15, 0.2) is 5.65 Å². The molecule has 3 unspecified atom stereocenters. The third-order valence-electron chi connectivity index (χ3n) is 4.76. The van der Waals surface area contributed by atoms with E-state index in [4.69, 9.17) is 16.6 Å². The molecule has 2 aromatic rings. The lowest BCUT2D eigenvalue weighted by Gasteiger charge is -2.15. The molecule has 4 nitrogen and oxygen atoms in total. The number of aromatic nitrogens is 4. The van der Waals surface area contributed by atoms with Gasteiger partial charge in [0.2, 0.25) is 0 Å². The van der Waals surface area contributed by atoms with Crippen LogP contribution in [-0.2, 0) is 20.0 Å². The highest BCUT2D eigenvalue weighted by atomic mass is 35.5. The van der Waals surface area contributed by atoms with Crippen LogP contribution < -0.4 is 0 Å². The molecule has 1 aliphatic rings. The summed E-state index contributed by atoms with van der Waals surface area (Å²) in [5, 5.41) is 4.54. The molecular formula is C16H25ClN4. The summed E-state index contributed by atoms with van der Waals surface area (Å²) in [6.07, 6.45) is 4.88. The predicted molar refractivity (Wildman–Crippen MR) is 86.7 cm³/mol. The van der Waals surface area contributed by atoms with Crippen LogP contribution in [-0.4, -0.2) is 19.3 Å². The molecule has 2 heterocycles. The molecule has 3 rings (SSSR count). The van der Waals surface area contributed by atoms with Crippen molar-refractivity contribution in [3.8, 4) is 0 Å². The highest BCUT2D eigenvalue weighted by Gasteiger charge is 2.26. The fraction of sp³-hybridized carbons (Fsp3) is 0.750. The number of rotatable bonds is 4. The number of fused-ring (bicyclic) bond motifs is 1. The number of alkyl halides is 1. The lowest BCUT2D eigenvalue weighted by Crippen LogP contribution is -2.13. The zero-order valence-corrected chi connectivity index (χ0v) is 14.2. The number of imidazole rings is 1. The molecule has 21 heavy (non-hydrogen) atoms. The van der Waals surface area contributed by atoms with Gasteiger partial charge in [-0.3, -0.25) is 4.68 Å². The van der Waals surface area contributed by atoms with Gasteiger partial charge < -0.3 is 4.57 Å². The van der Waals surface area contributed by atoms with Gasteiger partial charge in [-0.25, -0.2) is 4.98 Å². The fourth-order valence-electron chi connectivity index (χ4n) is 3.73. The monoisotopic (exact) mass is 308 g/mol. The maximum absolute atomic E-state index is 6.39. The molecular weight excluding hydrogens is 284 g/mol. The van der Waals surface area contributed by atoms with Gasteiger partial charge in [-0.2, -0.15) is 5.10 Å². The van der Waals surface area contributed by atoms with Crippen molar-refractivity contribution >= 4 is 22.8 Å². The number of hydrogen-bond acceptors (Lipinski definition) is 2. The zero-order valence-electron chi connectivity index (χ0n) is 13.4. The van der Waals surface area contributed by atoms with E-state index in [-0.39, 0.29) is 5.38 Å². The number of aryl methyl sites for hydroxylation is 2. The second-order valence-electron chi connectivity index (χ2n) is 6.58. The Balaban J connectivity index is 2.05. The average Bonchev–Trinajstić information content (AvgIpc) is 3.07. The second-order valence-corrected chi connectivity index (χ2v) is 7.23. The van der Waals surface area contributed by atoms with E-state index < -0.39 is 0 Å².